The second-order valence-electron chi connectivity index (χ2n) is 5.48. The molecule has 0 amide bonds. The van der Waals surface area contributed by atoms with Crippen LogP contribution in [0.4, 0.5) is 0 Å². The molecule has 9 heteroatoms. The second kappa shape index (κ2) is 8.75. The Labute approximate surface area is 149 Å². The van der Waals surface area contributed by atoms with Crippen molar-refractivity contribution >= 4 is 17.9 Å². The Hall–Kier alpha value is -2.49. The van der Waals surface area contributed by atoms with Crippen LogP contribution in [-0.2, 0) is 33.3 Å². The highest BCUT2D eigenvalue weighted by molar-refractivity contribution is 5.89. The molecular formula is C17H20O9. The van der Waals surface area contributed by atoms with E-state index < -0.39 is 48.6 Å². The van der Waals surface area contributed by atoms with Crippen LogP contribution in [0.1, 0.15) is 17.3 Å². The number of benzene rings is 1. The topological polar surface area (TPSA) is 118 Å². The highest BCUT2D eigenvalue weighted by Crippen LogP contribution is 2.28. The van der Waals surface area contributed by atoms with Crippen molar-refractivity contribution in [2.75, 3.05) is 14.2 Å². The minimum atomic E-state index is -1.57. The van der Waals surface area contributed by atoms with Gasteiger partial charge in [0.1, 0.15) is 6.10 Å². The summed E-state index contributed by atoms with van der Waals surface area (Å²) in [5.74, 6) is -2.36. The number of hydrogen-bond donors (Lipinski definition) is 1. The molecule has 0 saturated carbocycles. The molecule has 1 aromatic carbocycles. The quantitative estimate of drug-likeness (QED) is 0.568. The number of carbonyl (C=O) groups excluding carboxylic acids is 3. The fourth-order valence-corrected chi connectivity index (χ4v) is 2.54. The minimum absolute atomic E-state index is 0.244. The van der Waals surface area contributed by atoms with Crippen molar-refractivity contribution in [3.63, 3.8) is 0 Å². The fraction of sp³-hybridized carbons (Fsp3) is 0.471. The summed E-state index contributed by atoms with van der Waals surface area (Å²) in [6.45, 7) is 1.11. The Bertz CT molecular complexity index is 645. The van der Waals surface area contributed by atoms with Crippen LogP contribution in [0.25, 0.3) is 0 Å². The largest absolute Gasteiger partial charge is 0.467 e. The molecule has 5 atom stereocenters. The van der Waals surface area contributed by atoms with E-state index in [9.17, 15) is 19.5 Å². The summed E-state index contributed by atoms with van der Waals surface area (Å²) in [5.41, 5.74) is 0.244. The highest BCUT2D eigenvalue weighted by Gasteiger charge is 2.52. The minimum Gasteiger partial charge on any atom is -0.467 e. The monoisotopic (exact) mass is 368 g/mol. The van der Waals surface area contributed by atoms with Crippen molar-refractivity contribution in [2.45, 2.75) is 37.6 Å². The van der Waals surface area contributed by atoms with Crippen molar-refractivity contribution < 1.29 is 43.2 Å². The summed E-state index contributed by atoms with van der Waals surface area (Å²) in [4.78, 5) is 35.5. The standard InChI is InChI=1S/C17H20O9/c1-9(18)24-12-11(19)13(17(23-3)26-14(12)16(21)22-2)25-15(20)10-7-5-4-6-8-10/h4-8,11-14,17,19H,1-3H3/t11-,12+,13+,14-,17-/m0/s1. The molecule has 1 aliphatic heterocycles. The summed E-state index contributed by atoms with van der Waals surface area (Å²) in [6.07, 6.45) is -7.05. The Morgan fingerprint density at radius 3 is 2.23 bits per heavy atom. The van der Waals surface area contributed by atoms with Gasteiger partial charge in [-0.3, -0.25) is 4.79 Å². The molecule has 2 rings (SSSR count). The average molecular weight is 368 g/mol. The number of rotatable bonds is 5. The van der Waals surface area contributed by atoms with Crippen molar-refractivity contribution in [3.05, 3.63) is 35.9 Å². The van der Waals surface area contributed by atoms with E-state index in [4.69, 9.17) is 18.9 Å². The first kappa shape index (κ1) is 19.8. The summed E-state index contributed by atoms with van der Waals surface area (Å²) in [7, 11) is 2.37. The molecule has 0 radical (unpaired) electrons. The molecule has 0 bridgehead atoms. The molecule has 26 heavy (non-hydrogen) atoms. The van der Waals surface area contributed by atoms with Gasteiger partial charge in [-0.25, -0.2) is 9.59 Å². The maximum atomic E-state index is 12.3. The lowest BCUT2D eigenvalue weighted by molar-refractivity contribution is -0.289. The Morgan fingerprint density at radius 1 is 1.04 bits per heavy atom. The van der Waals surface area contributed by atoms with Gasteiger partial charge in [0.15, 0.2) is 24.6 Å². The van der Waals surface area contributed by atoms with E-state index in [1.807, 2.05) is 0 Å². The van der Waals surface area contributed by atoms with Gasteiger partial charge in [0.2, 0.25) is 0 Å². The second-order valence-corrected chi connectivity index (χ2v) is 5.48. The molecule has 0 spiro atoms. The molecule has 0 unspecified atom stereocenters. The third-order valence-electron chi connectivity index (χ3n) is 3.74. The lowest BCUT2D eigenvalue weighted by atomic mass is 9.98. The van der Waals surface area contributed by atoms with Crippen LogP contribution in [0, 0.1) is 0 Å². The Kier molecular flexibility index (Phi) is 6.67. The average Bonchev–Trinajstić information content (AvgIpc) is 2.64. The van der Waals surface area contributed by atoms with Crippen LogP contribution >= 0.6 is 0 Å². The first-order chi connectivity index (χ1) is 12.4. The van der Waals surface area contributed by atoms with E-state index in [0.717, 1.165) is 14.0 Å². The van der Waals surface area contributed by atoms with Crippen molar-refractivity contribution in [2.24, 2.45) is 0 Å². The lowest BCUT2D eigenvalue weighted by Crippen LogP contribution is -2.62. The summed E-state index contributed by atoms with van der Waals surface area (Å²) >= 11 is 0. The van der Waals surface area contributed by atoms with Crippen LogP contribution in [0.2, 0.25) is 0 Å². The van der Waals surface area contributed by atoms with E-state index >= 15 is 0 Å². The van der Waals surface area contributed by atoms with Crippen LogP contribution < -0.4 is 0 Å². The van der Waals surface area contributed by atoms with Gasteiger partial charge >= 0.3 is 17.9 Å². The molecule has 1 aliphatic rings. The lowest BCUT2D eigenvalue weighted by Gasteiger charge is -2.41. The Balaban J connectivity index is 2.25. The predicted octanol–water partition coefficient (Wildman–Crippen LogP) is 0.0489. The van der Waals surface area contributed by atoms with Crippen molar-refractivity contribution in [1.82, 2.24) is 0 Å². The summed E-state index contributed by atoms with van der Waals surface area (Å²) in [5, 5.41) is 10.6. The van der Waals surface area contributed by atoms with Gasteiger partial charge in [0.25, 0.3) is 0 Å². The molecule has 9 nitrogen and oxygen atoms in total. The molecule has 1 aromatic rings. The summed E-state index contributed by atoms with van der Waals surface area (Å²) < 4.78 is 25.4. The number of ether oxygens (including phenoxy) is 5. The van der Waals surface area contributed by atoms with E-state index in [1.165, 1.54) is 19.2 Å². The van der Waals surface area contributed by atoms with Crippen LogP contribution in [0.3, 0.4) is 0 Å². The third-order valence-corrected chi connectivity index (χ3v) is 3.74. The van der Waals surface area contributed by atoms with E-state index in [1.54, 1.807) is 18.2 Å². The van der Waals surface area contributed by atoms with Crippen LogP contribution in [0.5, 0.6) is 0 Å². The van der Waals surface area contributed by atoms with Gasteiger partial charge in [0.05, 0.1) is 12.7 Å². The van der Waals surface area contributed by atoms with E-state index in [0.29, 0.717) is 0 Å². The van der Waals surface area contributed by atoms with Gasteiger partial charge in [0, 0.05) is 14.0 Å². The first-order valence-electron chi connectivity index (χ1n) is 7.76. The smallest absolute Gasteiger partial charge is 0.339 e. The highest BCUT2D eigenvalue weighted by atomic mass is 16.7. The molecule has 142 valence electrons. The normalized spacial score (nSPS) is 28.1. The zero-order valence-corrected chi connectivity index (χ0v) is 14.5. The predicted molar refractivity (Wildman–Crippen MR) is 84.9 cm³/mol. The maximum Gasteiger partial charge on any atom is 0.339 e. The molecule has 1 N–H and O–H groups in total. The van der Waals surface area contributed by atoms with Gasteiger partial charge in [-0.15, -0.1) is 0 Å². The number of aliphatic hydroxyl groups is 1. The zero-order chi connectivity index (χ0) is 19.3. The number of esters is 3. The van der Waals surface area contributed by atoms with Gasteiger partial charge in [-0.1, -0.05) is 18.2 Å². The number of hydrogen-bond acceptors (Lipinski definition) is 9. The van der Waals surface area contributed by atoms with Gasteiger partial charge in [-0.2, -0.15) is 0 Å². The number of carbonyl (C=O) groups is 3. The molecule has 1 heterocycles. The number of aliphatic hydroxyl groups excluding tert-OH is 1. The fourth-order valence-electron chi connectivity index (χ4n) is 2.54. The third kappa shape index (κ3) is 4.37. The van der Waals surface area contributed by atoms with Crippen LogP contribution in [-0.4, -0.2) is 67.9 Å². The Morgan fingerprint density at radius 2 is 1.69 bits per heavy atom. The van der Waals surface area contributed by atoms with Crippen LogP contribution in [0.15, 0.2) is 30.3 Å². The molecule has 1 saturated heterocycles. The van der Waals surface area contributed by atoms with Gasteiger partial charge in [-0.05, 0) is 12.1 Å². The zero-order valence-electron chi connectivity index (χ0n) is 14.5. The number of methoxy groups -OCH3 is 2. The maximum absolute atomic E-state index is 12.3. The SMILES string of the molecule is COC(=O)[C@H]1O[C@H](OC)[C@H](OC(=O)c2ccccc2)[C@@H](O)[C@H]1OC(C)=O. The molecule has 0 aromatic heterocycles. The first-order valence-corrected chi connectivity index (χ1v) is 7.76. The molecule has 0 aliphatic carbocycles. The molecular weight excluding hydrogens is 348 g/mol. The molecule has 1 fully saturated rings. The van der Waals surface area contributed by atoms with Crippen molar-refractivity contribution in [3.8, 4) is 0 Å². The van der Waals surface area contributed by atoms with E-state index in [-0.39, 0.29) is 5.56 Å². The summed E-state index contributed by atoms with van der Waals surface area (Å²) in [6, 6.07) is 8.08. The van der Waals surface area contributed by atoms with E-state index in [2.05, 4.69) is 4.74 Å². The van der Waals surface area contributed by atoms with Crippen molar-refractivity contribution in [1.29, 1.82) is 0 Å². The van der Waals surface area contributed by atoms with Gasteiger partial charge < -0.3 is 28.8 Å².